The summed E-state index contributed by atoms with van der Waals surface area (Å²) >= 11 is 0. The van der Waals surface area contributed by atoms with Crippen molar-refractivity contribution in [1.29, 1.82) is 0 Å². The van der Waals surface area contributed by atoms with E-state index in [9.17, 15) is 9.59 Å². The van der Waals surface area contributed by atoms with Crippen LogP contribution in [0.25, 0.3) is 0 Å². The molecule has 0 saturated heterocycles. The largest absolute Gasteiger partial charge is 0.468 e. The summed E-state index contributed by atoms with van der Waals surface area (Å²) < 4.78 is 4.72. The predicted octanol–water partition coefficient (Wildman–Crippen LogP) is 2.95. The Labute approximate surface area is 107 Å². The van der Waals surface area contributed by atoms with E-state index in [2.05, 4.69) is 13.8 Å². The third-order valence-corrected chi connectivity index (χ3v) is 3.60. The minimum absolute atomic E-state index is 0.107. The molecule has 1 aliphatic rings. The summed E-state index contributed by atoms with van der Waals surface area (Å²) in [7, 11) is 1.33. The van der Waals surface area contributed by atoms with Gasteiger partial charge in [0, 0.05) is 5.56 Å². The Hall–Kier alpha value is -1.64. The molecule has 18 heavy (non-hydrogen) atoms. The number of rotatable bonds is 4. The van der Waals surface area contributed by atoms with Gasteiger partial charge in [0.25, 0.3) is 0 Å². The van der Waals surface area contributed by atoms with Crippen LogP contribution in [0, 0.1) is 5.41 Å². The van der Waals surface area contributed by atoms with Crippen molar-refractivity contribution in [2.24, 2.45) is 5.41 Å². The molecule has 0 heterocycles. The Morgan fingerprint density at radius 3 is 2.11 bits per heavy atom. The number of ketones is 1. The molecule has 0 radical (unpaired) electrons. The standard InChI is InChI=1S/C15H18O3/c1-10(2)11-4-6-12(7-5-11)13(16)15(8-9-15)14(17)18-3/h4-7,10H,8-9H2,1-3H3. The van der Waals surface area contributed by atoms with Crippen molar-refractivity contribution in [3.63, 3.8) is 0 Å². The quantitative estimate of drug-likeness (QED) is 0.466. The first-order chi connectivity index (χ1) is 8.51. The zero-order valence-corrected chi connectivity index (χ0v) is 11.0. The van der Waals surface area contributed by atoms with Crippen molar-refractivity contribution in [3.8, 4) is 0 Å². The van der Waals surface area contributed by atoms with Gasteiger partial charge in [0.15, 0.2) is 5.78 Å². The van der Waals surface area contributed by atoms with Gasteiger partial charge in [0.1, 0.15) is 5.41 Å². The lowest BCUT2D eigenvalue weighted by molar-refractivity contribution is -0.145. The first-order valence-corrected chi connectivity index (χ1v) is 6.24. The zero-order chi connectivity index (χ0) is 13.3. The van der Waals surface area contributed by atoms with Gasteiger partial charge >= 0.3 is 5.97 Å². The highest BCUT2D eigenvalue weighted by Gasteiger charge is 2.57. The lowest BCUT2D eigenvalue weighted by atomic mass is 9.93. The van der Waals surface area contributed by atoms with Gasteiger partial charge < -0.3 is 4.74 Å². The molecule has 2 rings (SSSR count). The highest BCUT2D eigenvalue weighted by Crippen LogP contribution is 2.49. The average molecular weight is 246 g/mol. The van der Waals surface area contributed by atoms with Crippen LogP contribution in [0.2, 0.25) is 0 Å². The Balaban J connectivity index is 2.22. The van der Waals surface area contributed by atoms with Crippen molar-refractivity contribution in [3.05, 3.63) is 35.4 Å². The van der Waals surface area contributed by atoms with E-state index in [0.717, 1.165) is 0 Å². The van der Waals surface area contributed by atoms with Gasteiger partial charge in [-0.05, 0) is 24.3 Å². The lowest BCUT2D eigenvalue weighted by Gasteiger charge is -2.12. The van der Waals surface area contributed by atoms with E-state index in [0.29, 0.717) is 24.3 Å². The first kappa shape index (κ1) is 12.8. The number of carbonyl (C=O) groups excluding carboxylic acids is 2. The molecular weight excluding hydrogens is 228 g/mol. The van der Waals surface area contributed by atoms with Gasteiger partial charge in [-0.1, -0.05) is 38.1 Å². The van der Waals surface area contributed by atoms with Crippen LogP contribution in [0.3, 0.4) is 0 Å². The second kappa shape index (κ2) is 4.56. The summed E-state index contributed by atoms with van der Waals surface area (Å²) in [5.74, 6) is -0.0743. The fraction of sp³-hybridized carbons (Fsp3) is 0.467. The summed E-state index contributed by atoms with van der Waals surface area (Å²) in [6, 6.07) is 7.51. The van der Waals surface area contributed by atoms with Crippen molar-refractivity contribution in [1.82, 2.24) is 0 Å². The van der Waals surface area contributed by atoms with Gasteiger partial charge in [-0.2, -0.15) is 0 Å². The molecule has 1 aromatic rings. The monoisotopic (exact) mass is 246 g/mol. The molecule has 0 aliphatic heterocycles. The van der Waals surface area contributed by atoms with Gasteiger partial charge in [0.05, 0.1) is 7.11 Å². The molecule has 0 atom stereocenters. The molecule has 1 aromatic carbocycles. The number of esters is 1. The molecule has 0 N–H and O–H groups in total. The molecule has 0 amide bonds. The van der Waals surface area contributed by atoms with Gasteiger partial charge in [0.2, 0.25) is 0 Å². The fourth-order valence-corrected chi connectivity index (χ4v) is 2.14. The minimum atomic E-state index is -0.895. The van der Waals surface area contributed by atoms with Crippen molar-refractivity contribution in [2.75, 3.05) is 7.11 Å². The number of benzene rings is 1. The van der Waals surface area contributed by atoms with Crippen LogP contribution in [-0.4, -0.2) is 18.9 Å². The van der Waals surface area contributed by atoms with E-state index in [-0.39, 0.29) is 5.78 Å². The predicted molar refractivity (Wildman–Crippen MR) is 68.5 cm³/mol. The van der Waals surface area contributed by atoms with Crippen molar-refractivity contribution < 1.29 is 14.3 Å². The van der Waals surface area contributed by atoms with Crippen molar-refractivity contribution in [2.45, 2.75) is 32.6 Å². The Kier molecular flexibility index (Phi) is 3.24. The molecule has 96 valence electrons. The summed E-state index contributed by atoms with van der Waals surface area (Å²) in [6.45, 7) is 4.21. The maximum Gasteiger partial charge on any atom is 0.319 e. The Morgan fingerprint density at radius 2 is 1.72 bits per heavy atom. The number of ether oxygens (including phenoxy) is 1. The summed E-state index contributed by atoms with van der Waals surface area (Å²) in [5.41, 5.74) is 0.894. The molecule has 1 fully saturated rings. The minimum Gasteiger partial charge on any atom is -0.468 e. The van der Waals surface area contributed by atoms with Crippen LogP contribution in [0.4, 0.5) is 0 Å². The number of Topliss-reactive ketones (excluding diaryl/α,β-unsaturated/α-hetero) is 1. The molecule has 3 heteroatoms. The number of hydrogen-bond donors (Lipinski definition) is 0. The molecule has 1 aliphatic carbocycles. The number of methoxy groups -OCH3 is 1. The summed E-state index contributed by atoms with van der Waals surface area (Å²) in [5, 5.41) is 0. The van der Waals surface area contributed by atoms with E-state index in [1.54, 1.807) is 12.1 Å². The highest BCUT2D eigenvalue weighted by molar-refractivity contribution is 6.14. The lowest BCUT2D eigenvalue weighted by Crippen LogP contribution is -2.27. The van der Waals surface area contributed by atoms with E-state index in [1.807, 2.05) is 12.1 Å². The van der Waals surface area contributed by atoms with E-state index in [1.165, 1.54) is 12.7 Å². The SMILES string of the molecule is COC(=O)C1(C(=O)c2ccc(C(C)C)cc2)CC1. The molecule has 0 bridgehead atoms. The maximum absolute atomic E-state index is 12.3. The molecule has 0 aromatic heterocycles. The van der Waals surface area contributed by atoms with Gasteiger partial charge in [-0.15, -0.1) is 0 Å². The zero-order valence-electron chi connectivity index (χ0n) is 11.0. The molecule has 3 nitrogen and oxygen atoms in total. The van der Waals surface area contributed by atoms with E-state index >= 15 is 0 Å². The van der Waals surface area contributed by atoms with Crippen molar-refractivity contribution >= 4 is 11.8 Å². The van der Waals surface area contributed by atoms with Crippen LogP contribution < -0.4 is 0 Å². The Bertz CT molecular complexity index is 467. The normalized spacial score (nSPS) is 16.4. The van der Waals surface area contributed by atoms with Gasteiger partial charge in [-0.25, -0.2) is 0 Å². The summed E-state index contributed by atoms with van der Waals surface area (Å²) in [6.07, 6.45) is 1.20. The van der Waals surface area contributed by atoms with Crippen LogP contribution in [0.5, 0.6) is 0 Å². The molecular formula is C15H18O3. The van der Waals surface area contributed by atoms with Crippen LogP contribution in [0.15, 0.2) is 24.3 Å². The average Bonchev–Trinajstić information content (AvgIpc) is 3.18. The smallest absolute Gasteiger partial charge is 0.319 e. The van der Waals surface area contributed by atoms with Gasteiger partial charge in [-0.3, -0.25) is 9.59 Å². The maximum atomic E-state index is 12.3. The third kappa shape index (κ3) is 2.05. The first-order valence-electron chi connectivity index (χ1n) is 6.24. The number of hydrogen-bond acceptors (Lipinski definition) is 3. The van der Waals surface area contributed by atoms with Crippen LogP contribution >= 0.6 is 0 Å². The fourth-order valence-electron chi connectivity index (χ4n) is 2.14. The van der Waals surface area contributed by atoms with E-state index in [4.69, 9.17) is 4.74 Å². The van der Waals surface area contributed by atoms with Crippen LogP contribution in [-0.2, 0) is 9.53 Å². The summed E-state index contributed by atoms with van der Waals surface area (Å²) in [4.78, 5) is 24.0. The highest BCUT2D eigenvalue weighted by atomic mass is 16.5. The van der Waals surface area contributed by atoms with Crippen LogP contribution in [0.1, 0.15) is 48.5 Å². The second-order valence-electron chi connectivity index (χ2n) is 5.18. The van der Waals surface area contributed by atoms with E-state index < -0.39 is 11.4 Å². The molecule has 1 saturated carbocycles. The second-order valence-corrected chi connectivity index (χ2v) is 5.18. The third-order valence-electron chi connectivity index (χ3n) is 3.60. The Morgan fingerprint density at radius 1 is 1.17 bits per heavy atom. The molecule has 0 spiro atoms. The topological polar surface area (TPSA) is 43.4 Å². The molecule has 0 unspecified atom stereocenters. The number of carbonyl (C=O) groups is 2.